The third-order valence-electron chi connectivity index (χ3n) is 3.63. The van der Waals surface area contributed by atoms with E-state index in [-0.39, 0.29) is 12.0 Å². The van der Waals surface area contributed by atoms with Crippen molar-refractivity contribution >= 4 is 5.91 Å². The lowest BCUT2D eigenvalue weighted by atomic mass is 10.1. The molecule has 2 N–H and O–H groups in total. The van der Waals surface area contributed by atoms with Crippen molar-refractivity contribution in [2.24, 2.45) is 0 Å². The summed E-state index contributed by atoms with van der Waals surface area (Å²) >= 11 is 0. The molecule has 0 unspecified atom stereocenters. The highest BCUT2D eigenvalue weighted by atomic mass is 16.3. The highest BCUT2D eigenvalue weighted by molar-refractivity contribution is 5.93. The zero-order chi connectivity index (χ0) is 13.9. The summed E-state index contributed by atoms with van der Waals surface area (Å²) in [6, 6.07) is 11.5. The Kier molecular flexibility index (Phi) is 3.52. The van der Waals surface area contributed by atoms with Crippen LogP contribution in [-0.2, 0) is 0 Å². The number of H-pyrrole nitrogens is 1. The molecular weight excluding hydrogens is 254 g/mol. The lowest BCUT2D eigenvalue weighted by Gasteiger charge is -2.29. The number of hydrogen-bond donors (Lipinski definition) is 2. The van der Waals surface area contributed by atoms with Crippen LogP contribution in [0.3, 0.4) is 0 Å². The van der Waals surface area contributed by atoms with Gasteiger partial charge in [0, 0.05) is 18.7 Å². The molecule has 5 heteroatoms. The zero-order valence-electron chi connectivity index (χ0n) is 11.1. The molecule has 3 rings (SSSR count). The molecule has 1 amide bonds. The fraction of sp³-hybridized carbons (Fsp3) is 0.333. The molecule has 2 aromatic rings. The molecular formula is C15H17N3O2. The average Bonchev–Trinajstić information content (AvgIpc) is 2.98. The molecule has 2 heterocycles. The van der Waals surface area contributed by atoms with Gasteiger partial charge in [-0.15, -0.1) is 0 Å². The minimum absolute atomic E-state index is 0.0495. The summed E-state index contributed by atoms with van der Waals surface area (Å²) in [7, 11) is 0. The summed E-state index contributed by atoms with van der Waals surface area (Å²) in [6.45, 7) is 1.19. The van der Waals surface area contributed by atoms with Gasteiger partial charge in [-0.3, -0.25) is 9.89 Å². The van der Waals surface area contributed by atoms with Gasteiger partial charge < -0.3 is 10.0 Å². The van der Waals surface area contributed by atoms with E-state index in [9.17, 15) is 9.90 Å². The summed E-state index contributed by atoms with van der Waals surface area (Å²) in [4.78, 5) is 14.1. The molecule has 0 spiro atoms. The highest BCUT2D eigenvalue weighted by Gasteiger charge is 2.23. The smallest absolute Gasteiger partial charge is 0.271 e. The van der Waals surface area contributed by atoms with E-state index in [1.807, 2.05) is 30.3 Å². The van der Waals surface area contributed by atoms with Gasteiger partial charge >= 0.3 is 0 Å². The number of aromatic amines is 1. The second kappa shape index (κ2) is 5.46. The summed E-state index contributed by atoms with van der Waals surface area (Å²) in [5.41, 5.74) is 2.25. The fourth-order valence-corrected chi connectivity index (χ4v) is 2.43. The van der Waals surface area contributed by atoms with E-state index in [1.165, 1.54) is 0 Å². The molecule has 1 aliphatic heterocycles. The van der Waals surface area contributed by atoms with Gasteiger partial charge in [0.1, 0.15) is 5.69 Å². The molecule has 1 aromatic heterocycles. The Morgan fingerprint density at radius 1 is 1.25 bits per heavy atom. The molecule has 5 nitrogen and oxygen atoms in total. The number of carbonyl (C=O) groups is 1. The SMILES string of the molecule is O=C(c1cc(-c2ccccc2)n[nH]1)N1CCC(O)CC1. The first-order valence-electron chi connectivity index (χ1n) is 6.82. The normalized spacial score (nSPS) is 16.4. The van der Waals surface area contributed by atoms with Crippen LogP contribution in [0.15, 0.2) is 36.4 Å². The molecule has 1 aromatic carbocycles. The van der Waals surface area contributed by atoms with Crippen molar-refractivity contribution in [2.75, 3.05) is 13.1 Å². The topological polar surface area (TPSA) is 69.2 Å². The van der Waals surface area contributed by atoms with Crippen molar-refractivity contribution in [3.8, 4) is 11.3 Å². The van der Waals surface area contributed by atoms with Crippen molar-refractivity contribution in [3.63, 3.8) is 0 Å². The van der Waals surface area contributed by atoms with Crippen LogP contribution in [0, 0.1) is 0 Å². The Morgan fingerprint density at radius 2 is 1.95 bits per heavy atom. The molecule has 1 aliphatic rings. The summed E-state index contributed by atoms with van der Waals surface area (Å²) in [5, 5.41) is 16.5. The van der Waals surface area contributed by atoms with Gasteiger partial charge in [-0.2, -0.15) is 5.10 Å². The van der Waals surface area contributed by atoms with Crippen molar-refractivity contribution in [1.29, 1.82) is 0 Å². The Hall–Kier alpha value is -2.14. The molecule has 1 saturated heterocycles. The van der Waals surface area contributed by atoms with Crippen molar-refractivity contribution in [2.45, 2.75) is 18.9 Å². The Morgan fingerprint density at radius 3 is 2.65 bits per heavy atom. The molecule has 0 aliphatic carbocycles. The van der Waals surface area contributed by atoms with E-state index < -0.39 is 0 Å². The van der Waals surface area contributed by atoms with E-state index in [4.69, 9.17) is 0 Å². The number of nitrogens with one attached hydrogen (secondary N) is 1. The lowest BCUT2D eigenvalue weighted by Crippen LogP contribution is -2.40. The first-order chi connectivity index (χ1) is 9.74. The van der Waals surface area contributed by atoms with Crippen LogP contribution in [0.4, 0.5) is 0 Å². The number of piperidine rings is 1. The number of likely N-dealkylation sites (tertiary alicyclic amines) is 1. The number of aromatic nitrogens is 2. The van der Waals surface area contributed by atoms with Crippen LogP contribution in [-0.4, -0.2) is 45.3 Å². The largest absolute Gasteiger partial charge is 0.393 e. The van der Waals surface area contributed by atoms with Gasteiger partial charge in [0.2, 0.25) is 0 Å². The van der Waals surface area contributed by atoms with E-state index in [1.54, 1.807) is 11.0 Å². The van der Waals surface area contributed by atoms with Gasteiger partial charge in [0.25, 0.3) is 5.91 Å². The molecule has 0 radical (unpaired) electrons. The maximum absolute atomic E-state index is 12.3. The van der Waals surface area contributed by atoms with E-state index in [0.717, 1.165) is 11.3 Å². The van der Waals surface area contributed by atoms with Crippen LogP contribution in [0.2, 0.25) is 0 Å². The van der Waals surface area contributed by atoms with Crippen molar-refractivity contribution in [1.82, 2.24) is 15.1 Å². The first kappa shape index (κ1) is 12.9. The molecule has 1 fully saturated rings. The van der Waals surface area contributed by atoms with Gasteiger partial charge in [0.15, 0.2) is 0 Å². The van der Waals surface area contributed by atoms with Crippen LogP contribution >= 0.6 is 0 Å². The number of rotatable bonds is 2. The average molecular weight is 271 g/mol. The minimum atomic E-state index is -0.277. The second-order valence-corrected chi connectivity index (χ2v) is 5.06. The van der Waals surface area contributed by atoms with Gasteiger partial charge in [0.05, 0.1) is 11.8 Å². The van der Waals surface area contributed by atoms with Crippen LogP contribution in [0.25, 0.3) is 11.3 Å². The van der Waals surface area contributed by atoms with Crippen LogP contribution < -0.4 is 0 Å². The van der Waals surface area contributed by atoms with Gasteiger partial charge in [-0.25, -0.2) is 0 Å². The minimum Gasteiger partial charge on any atom is -0.393 e. The third kappa shape index (κ3) is 2.58. The van der Waals surface area contributed by atoms with E-state index >= 15 is 0 Å². The molecule has 104 valence electrons. The molecule has 20 heavy (non-hydrogen) atoms. The molecule has 0 saturated carbocycles. The number of benzene rings is 1. The Balaban J connectivity index is 1.75. The van der Waals surface area contributed by atoms with Crippen LogP contribution in [0.1, 0.15) is 23.3 Å². The molecule has 0 atom stereocenters. The standard InChI is InChI=1S/C15H17N3O2/c19-12-6-8-18(9-7-12)15(20)14-10-13(16-17-14)11-4-2-1-3-5-11/h1-5,10,12,19H,6-9H2,(H,16,17). The monoisotopic (exact) mass is 271 g/mol. The molecule has 0 bridgehead atoms. The lowest BCUT2D eigenvalue weighted by molar-refractivity contribution is 0.0541. The summed E-state index contributed by atoms with van der Waals surface area (Å²) in [5.74, 6) is -0.0495. The van der Waals surface area contributed by atoms with Gasteiger partial charge in [-0.05, 0) is 18.9 Å². The zero-order valence-corrected chi connectivity index (χ0v) is 11.1. The number of aliphatic hydroxyl groups excluding tert-OH is 1. The highest BCUT2D eigenvalue weighted by Crippen LogP contribution is 2.19. The number of amides is 1. The Bertz CT molecular complexity index is 586. The Labute approximate surface area is 117 Å². The number of hydrogen-bond acceptors (Lipinski definition) is 3. The maximum Gasteiger partial charge on any atom is 0.271 e. The predicted molar refractivity (Wildman–Crippen MR) is 75.2 cm³/mol. The number of nitrogens with zero attached hydrogens (tertiary/aromatic N) is 2. The number of carbonyl (C=O) groups excluding carboxylic acids is 1. The maximum atomic E-state index is 12.3. The fourth-order valence-electron chi connectivity index (χ4n) is 2.43. The number of aliphatic hydroxyl groups is 1. The third-order valence-corrected chi connectivity index (χ3v) is 3.63. The van der Waals surface area contributed by atoms with E-state index in [2.05, 4.69) is 10.2 Å². The second-order valence-electron chi connectivity index (χ2n) is 5.06. The van der Waals surface area contributed by atoms with Crippen LogP contribution in [0.5, 0.6) is 0 Å². The quantitative estimate of drug-likeness (QED) is 0.873. The van der Waals surface area contributed by atoms with E-state index in [0.29, 0.717) is 31.6 Å². The summed E-state index contributed by atoms with van der Waals surface area (Å²) < 4.78 is 0. The van der Waals surface area contributed by atoms with Crippen molar-refractivity contribution in [3.05, 3.63) is 42.1 Å². The van der Waals surface area contributed by atoms with Crippen molar-refractivity contribution < 1.29 is 9.90 Å². The first-order valence-corrected chi connectivity index (χ1v) is 6.82. The summed E-state index contributed by atoms with van der Waals surface area (Å²) in [6.07, 6.45) is 1.01. The predicted octanol–water partition coefficient (Wildman–Crippen LogP) is 1.67. The van der Waals surface area contributed by atoms with Gasteiger partial charge in [-0.1, -0.05) is 30.3 Å².